The number of hydrazone groups is 1. The number of aryl methyl sites for hydroxylation is 2. The molecule has 1 amide bonds. The van der Waals surface area contributed by atoms with Gasteiger partial charge in [0.25, 0.3) is 11.5 Å². The molecule has 2 heterocycles. The fourth-order valence-corrected chi connectivity index (χ4v) is 6.64. The molecule has 0 fully saturated rings. The molecule has 0 aliphatic heterocycles. The molecular formula is C25H20BrClN4O2S2. The van der Waals surface area contributed by atoms with Gasteiger partial charge in [-0.3, -0.25) is 14.2 Å². The van der Waals surface area contributed by atoms with E-state index in [0.717, 1.165) is 46.1 Å². The summed E-state index contributed by atoms with van der Waals surface area (Å²) < 4.78 is 2.47. The number of benzene rings is 2. The van der Waals surface area contributed by atoms with E-state index in [1.807, 2.05) is 24.3 Å². The fraction of sp³-hybridized carbons (Fsp3) is 0.200. The van der Waals surface area contributed by atoms with Gasteiger partial charge in [-0.2, -0.15) is 5.10 Å². The number of halogens is 2. The lowest BCUT2D eigenvalue weighted by Gasteiger charge is -2.13. The van der Waals surface area contributed by atoms with Gasteiger partial charge in [0, 0.05) is 19.9 Å². The van der Waals surface area contributed by atoms with Crippen molar-refractivity contribution < 1.29 is 4.79 Å². The summed E-state index contributed by atoms with van der Waals surface area (Å²) >= 11 is 12.3. The molecule has 4 aromatic rings. The number of fused-ring (bicyclic) bond motifs is 3. The number of carbonyl (C=O) groups excluding carboxylic acids is 1. The third-order valence-corrected chi connectivity index (χ3v) is 8.77. The molecule has 6 nitrogen and oxygen atoms in total. The van der Waals surface area contributed by atoms with Gasteiger partial charge >= 0.3 is 0 Å². The quantitative estimate of drug-likeness (QED) is 0.130. The number of carbonyl (C=O) groups is 1. The Morgan fingerprint density at radius 2 is 1.97 bits per heavy atom. The normalized spacial score (nSPS) is 13.3. The summed E-state index contributed by atoms with van der Waals surface area (Å²) in [7, 11) is 0. The highest BCUT2D eigenvalue weighted by atomic mass is 79.9. The van der Waals surface area contributed by atoms with Crippen molar-refractivity contribution >= 4 is 73.0 Å². The lowest BCUT2D eigenvalue weighted by Crippen LogP contribution is -2.24. The predicted octanol–water partition coefficient (Wildman–Crippen LogP) is 5.98. The second kappa shape index (κ2) is 10.7. The molecule has 0 saturated carbocycles. The molecule has 2 aromatic carbocycles. The van der Waals surface area contributed by atoms with Crippen molar-refractivity contribution in [2.24, 2.45) is 5.10 Å². The maximum atomic E-state index is 13.7. The number of rotatable bonds is 6. The molecule has 0 spiro atoms. The van der Waals surface area contributed by atoms with Gasteiger partial charge < -0.3 is 0 Å². The van der Waals surface area contributed by atoms with E-state index in [1.165, 1.54) is 16.6 Å². The lowest BCUT2D eigenvalue weighted by atomic mass is 9.97. The van der Waals surface area contributed by atoms with Crippen LogP contribution in [0, 0.1) is 0 Å². The summed E-state index contributed by atoms with van der Waals surface area (Å²) in [5.41, 5.74) is 5.09. The average Bonchev–Trinajstić information content (AvgIpc) is 3.23. The summed E-state index contributed by atoms with van der Waals surface area (Å²) in [5, 5.41) is 5.80. The van der Waals surface area contributed by atoms with Crippen LogP contribution < -0.4 is 11.0 Å². The van der Waals surface area contributed by atoms with E-state index in [1.54, 1.807) is 46.4 Å². The largest absolute Gasteiger partial charge is 0.272 e. The molecule has 2 aromatic heterocycles. The zero-order valence-corrected chi connectivity index (χ0v) is 22.4. The first kappa shape index (κ1) is 24.2. The first-order valence-electron chi connectivity index (χ1n) is 11.0. The van der Waals surface area contributed by atoms with Gasteiger partial charge in [0.15, 0.2) is 5.16 Å². The molecule has 5 rings (SSSR count). The van der Waals surface area contributed by atoms with Gasteiger partial charge in [0.2, 0.25) is 0 Å². The van der Waals surface area contributed by atoms with Crippen molar-refractivity contribution in [1.29, 1.82) is 0 Å². The van der Waals surface area contributed by atoms with Gasteiger partial charge in [-0.05, 0) is 61.6 Å². The van der Waals surface area contributed by atoms with E-state index in [-0.39, 0.29) is 17.2 Å². The number of nitrogens with one attached hydrogen (secondary N) is 1. The molecular weight excluding hydrogens is 568 g/mol. The molecule has 1 N–H and O–H groups in total. The fourth-order valence-electron chi connectivity index (χ4n) is 4.02. The highest BCUT2D eigenvalue weighted by molar-refractivity contribution is 9.10. The highest BCUT2D eigenvalue weighted by Gasteiger charge is 2.23. The summed E-state index contributed by atoms with van der Waals surface area (Å²) in [5.74, 6) is -0.231. The molecule has 1 aliphatic rings. The molecule has 1 aliphatic carbocycles. The van der Waals surface area contributed by atoms with Crippen LogP contribution in [0.3, 0.4) is 0 Å². The first-order chi connectivity index (χ1) is 17.0. The number of thiophene rings is 1. The van der Waals surface area contributed by atoms with Crippen molar-refractivity contribution in [3.63, 3.8) is 0 Å². The number of hydrogen-bond acceptors (Lipinski definition) is 6. The maximum absolute atomic E-state index is 13.7. The van der Waals surface area contributed by atoms with E-state index in [4.69, 9.17) is 16.6 Å². The Kier molecular flexibility index (Phi) is 7.38. The van der Waals surface area contributed by atoms with Crippen LogP contribution in [0.2, 0.25) is 5.02 Å². The smallest absolute Gasteiger partial charge is 0.267 e. The Morgan fingerprint density at radius 1 is 1.20 bits per heavy atom. The van der Waals surface area contributed by atoms with Crippen molar-refractivity contribution in [2.75, 3.05) is 5.75 Å². The Morgan fingerprint density at radius 3 is 2.77 bits per heavy atom. The molecule has 0 saturated heterocycles. The zero-order valence-electron chi connectivity index (χ0n) is 18.5. The van der Waals surface area contributed by atoms with Crippen LogP contribution in [0.1, 0.15) is 28.8 Å². The SMILES string of the molecule is O=C(CSc1nc2sc3c(c2c(=O)n1-c1ccc(Cl)cc1)CCCC3)NN=Cc1ccccc1Br. The monoisotopic (exact) mass is 586 g/mol. The summed E-state index contributed by atoms with van der Waals surface area (Å²) in [4.78, 5) is 33.1. The van der Waals surface area contributed by atoms with E-state index >= 15 is 0 Å². The highest BCUT2D eigenvalue weighted by Crippen LogP contribution is 2.35. The predicted molar refractivity (Wildman–Crippen MR) is 147 cm³/mol. The molecule has 0 radical (unpaired) electrons. The minimum Gasteiger partial charge on any atom is -0.272 e. The third-order valence-electron chi connectivity index (χ3n) is 5.67. The van der Waals surface area contributed by atoms with Crippen LogP contribution in [0.5, 0.6) is 0 Å². The molecule has 35 heavy (non-hydrogen) atoms. The Labute approximate surface area is 223 Å². The molecule has 0 bridgehead atoms. The topological polar surface area (TPSA) is 76.3 Å². The number of thioether (sulfide) groups is 1. The van der Waals surface area contributed by atoms with Crippen LogP contribution in [0.25, 0.3) is 15.9 Å². The summed E-state index contributed by atoms with van der Waals surface area (Å²) in [6.07, 6.45) is 5.67. The minimum atomic E-state index is -0.291. The maximum Gasteiger partial charge on any atom is 0.267 e. The number of amides is 1. The second-order valence-electron chi connectivity index (χ2n) is 8.01. The second-order valence-corrected chi connectivity index (χ2v) is 11.3. The van der Waals surface area contributed by atoms with Gasteiger partial charge in [0.05, 0.1) is 23.0 Å². The van der Waals surface area contributed by atoms with E-state index < -0.39 is 0 Å². The Bertz CT molecular complexity index is 1500. The molecule has 0 unspecified atom stereocenters. The molecule has 178 valence electrons. The molecule has 0 atom stereocenters. The standard InChI is InChI=1S/C25H20BrClN4O2S2/c26-19-7-3-1-5-15(19)13-28-30-21(32)14-34-25-29-23-22(18-6-2-4-8-20(18)35-23)24(33)31(25)17-11-9-16(27)10-12-17/h1,3,5,7,9-13H,2,4,6,8,14H2,(H,30,32). The van der Waals surface area contributed by atoms with Gasteiger partial charge in [-0.1, -0.05) is 57.5 Å². The number of aromatic nitrogens is 2. The number of nitrogens with zero attached hydrogens (tertiary/aromatic N) is 3. The van der Waals surface area contributed by atoms with E-state index in [2.05, 4.69) is 26.5 Å². The van der Waals surface area contributed by atoms with Crippen LogP contribution >= 0.6 is 50.6 Å². The lowest BCUT2D eigenvalue weighted by molar-refractivity contribution is -0.118. The van der Waals surface area contributed by atoms with Gasteiger partial charge in [-0.25, -0.2) is 10.4 Å². The van der Waals surface area contributed by atoms with E-state index in [9.17, 15) is 9.59 Å². The van der Waals surface area contributed by atoms with Crippen molar-refractivity contribution in [1.82, 2.24) is 15.0 Å². The average molecular weight is 588 g/mol. The summed E-state index contributed by atoms with van der Waals surface area (Å²) in [6.45, 7) is 0. The third kappa shape index (κ3) is 5.23. The van der Waals surface area contributed by atoms with Gasteiger partial charge in [-0.15, -0.1) is 11.3 Å². The molecule has 10 heteroatoms. The van der Waals surface area contributed by atoms with Crippen LogP contribution in [0.15, 0.2) is 68.1 Å². The Hall–Kier alpha value is -2.46. The zero-order chi connectivity index (χ0) is 24.4. The van der Waals surface area contributed by atoms with Crippen molar-refractivity contribution in [3.8, 4) is 5.69 Å². The summed E-state index contributed by atoms with van der Waals surface area (Å²) in [6, 6.07) is 14.7. The van der Waals surface area contributed by atoms with Crippen LogP contribution in [-0.4, -0.2) is 27.4 Å². The minimum absolute atomic E-state index is 0.0594. The van der Waals surface area contributed by atoms with Gasteiger partial charge in [0.1, 0.15) is 4.83 Å². The van der Waals surface area contributed by atoms with Crippen molar-refractivity contribution in [3.05, 3.63) is 84.4 Å². The van der Waals surface area contributed by atoms with Crippen LogP contribution in [0.4, 0.5) is 0 Å². The number of hydrogen-bond donors (Lipinski definition) is 1. The van der Waals surface area contributed by atoms with E-state index in [0.29, 0.717) is 21.3 Å². The first-order valence-corrected chi connectivity index (χ1v) is 14.0. The van der Waals surface area contributed by atoms with Crippen LogP contribution in [-0.2, 0) is 17.6 Å². The van der Waals surface area contributed by atoms with Crippen molar-refractivity contribution in [2.45, 2.75) is 30.8 Å². The Balaban J connectivity index is 1.44.